The monoisotopic (exact) mass is 423 g/mol. The molecule has 0 N–H and O–H groups in total. The summed E-state index contributed by atoms with van der Waals surface area (Å²) < 4.78 is 29.2. The van der Waals surface area contributed by atoms with Crippen molar-refractivity contribution >= 4 is 27.5 Å². The van der Waals surface area contributed by atoms with Crippen molar-refractivity contribution in [2.24, 2.45) is 0 Å². The van der Waals surface area contributed by atoms with Crippen molar-refractivity contribution in [1.29, 1.82) is 0 Å². The smallest absolute Gasteiger partial charge is 0.255 e. The molecule has 0 spiro atoms. The molecule has 0 atom stereocenters. The van der Waals surface area contributed by atoms with Crippen LogP contribution in [0, 0.1) is 13.8 Å². The average Bonchev–Trinajstić information content (AvgIpc) is 2.95. The molecule has 1 aromatic heterocycles. The van der Waals surface area contributed by atoms with Gasteiger partial charge < -0.3 is 9.47 Å². The van der Waals surface area contributed by atoms with Gasteiger partial charge in [-0.1, -0.05) is 17.7 Å². The van der Waals surface area contributed by atoms with Crippen molar-refractivity contribution < 1.29 is 13.2 Å². The number of nitrogens with zero attached hydrogens (tertiary/aromatic N) is 3. The lowest BCUT2D eigenvalue weighted by molar-refractivity contribution is 0.0697. The van der Waals surface area contributed by atoms with Crippen LogP contribution in [0.5, 0.6) is 0 Å². The molecule has 0 unspecified atom stereocenters. The normalized spacial score (nSPS) is 16.0. The lowest BCUT2D eigenvalue weighted by Gasteiger charge is -2.34. The molecule has 6 nitrogen and oxygen atoms in total. The predicted molar refractivity (Wildman–Crippen MR) is 110 cm³/mol. The van der Waals surface area contributed by atoms with E-state index in [2.05, 4.69) is 18.4 Å². The average molecular weight is 424 g/mol. The number of carbonyl (C=O) groups excluding carboxylic acids is 1. The SMILES string of the molecule is Cc1cc(C(=O)N2CCN(S(=O)(=O)c3cccc(Cl)c3)CC2)c(C)n1C(C)C. The second-order valence-electron chi connectivity index (χ2n) is 7.40. The van der Waals surface area contributed by atoms with Gasteiger partial charge in [0, 0.05) is 48.6 Å². The largest absolute Gasteiger partial charge is 0.346 e. The Bertz CT molecular complexity index is 990. The van der Waals surface area contributed by atoms with Crippen LogP contribution in [0.25, 0.3) is 0 Å². The van der Waals surface area contributed by atoms with E-state index in [-0.39, 0.29) is 29.9 Å². The number of hydrogen-bond acceptors (Lipinski definition) is 3. The maximum atomic E-state index is 13.0. The van der Waals surface area contributed by atoms with Crippen molar-refractivity contribution in [1.82, 2.24) is 13.8 Å². The highest BCUT2D eigenvalue weighted by atomic mass is 35.5. The zero-order valence-corrected chi connectivity index (χ0v) is 18.2. The first-order chi connectivity index (χ1) is 13.1. The molecule has 1 aliphatic heterocycles. The van der Waals surface area contributed by atoms with E-state index in [0.717, 1.165) is 11.4 Å². The van der Waals surface area contributed by atoms with Crippen LogP contribution in [0.1, 0.15) is 41.6 Å². The molecule has 2 aromatic rings. The van der Waals surface area contributed by atoms with Crippen LogP contribution >= 0.6 is 11.6 Å². The molecule has 0 saturated carbocycles. The number of carbonyl (C=O) groups is 1. The molecule has 2 heterocycles. The third kappa shape index (κ3) is 3.83. The summed E-state index contributed by atoms with van der Waals surface area (Å²) in [5.74, 6) is -0.0418. The van der Waals surface area contributed by atoms with Crippen LogP contribution in [0.15, 0.2) is 35.2 Å². The number of hydrogen-bond donors (Lipinski definition) is 0. The Morgan fingerprint density at radius 2 is 1.71 bits per heavy atom. The van der Waals surface area contributed by atoms with Crippen LogP contribution in [-0.2, 0) is 10.0 Å². The summed E-state index contributed by atoms with van der Waals surface area (Å²) in [6.07, 6.45) is 0. The fraction of sp³-hybridized carbons (Fsp3) is 0.450. The molecule has 1 fully saturated rings. The molecule has 1 aliphatic rings. The summed E-state index contributed by atoms with van der Waals surface area (Å²) in [4.78, 5) is 14.9. The highest BCUT2D eigenvalue weighted by molar-refractivity contribution is 7.89. The fourth-order valence-electron chi connectivity index (χ4n) is 3.87. The Morgan fingerprint density at radius 1 is 1.07 bits per heavy atom. The minimum atomic E-state index is -3.61. The van der Waals surface area contributed by atoms with Crippen molar-refractivity contribution in [3.63, 3.8) is 0 Å². The second-order valence-corrected chi connectivity index (χ2v) is 9.78. The van der Waals surface area contributed by atoms with E-state index < -0.39 is 10.0 Å². The van der Waals surface area contributed by atoms with Crippen molar-refractivity contribution in [3.8, 4) is 0 Å². The first kappa shape index (κ1) is 20.9. The Kier molecular flexibility index (Phi) is 5.89. The first-order valence-corrected chi connectivity index (χ1v) is 11.2. The van der Waals surface area contributed by atoms with E-state index in [1.165, 1.54) is 10.4 Å². The molecule has 0 aliphatic carbocycles. The van der Waals surface area contributed by atoms with Gasteiger partial charge in [0.2, 0.25) is 10.0 Å². The number of piperazine rings is 1. The summed E-state index contributed by atoms with van der Waals surface area (Å²) >= 11 is 5.94. The van der Waals surface area contributed by atoms with E-state index in [1.54, 1.807) is 23.1 Å². The Morgan fingerprint density at radius 3 is 2.25 bits per heavy atom. The van der Waals surface area contributed by atoms with E-state index in [1.807, 2.05) is 19.9 Å². The van der Waals surface area contributed by atoms with E-state index in [9.17, 15) is 13.2 Å². The highest BCUT2D eigenvalue weighted by Gasteiger charge is 2.31. The van der Waals surface area contributed by atoms with Crippen molar-refractivity contribution in [2.45, 2.75) is 38.6 Å². The van der Waals surface area contributed by atoms with Crippen LogP contribution in [0.4, 0.5) is 0 Å². The highest BCUT2D eigenvalue weighted by Crippen LogP contribution is 2.24. The number of halogens is 1. The van der Waals surface area contributed by atoms with Gasteiger partial charge in [-0.15, -0.1) is 0 Å². The van der Waals surface area contributed by atoms with Crippen LogP contribution in [0.3, 0.4) is 0 Å². The van der Waals surface area contributed by atoms with Crippen LogP contribution in [0.2, 0.25) is 5.02 Å². The lowest BCUT2D eigenvalue weighted by Crippen LogP contribution is -2.50. The molecule has 0 radical (unpaired) electrons. The third-order valence-corrected chi connectivity index (χ3v) is 7.32. The van der Waals surface area contributed by atoms with Gasteiger partial charge in [0.05, 0.1) is 10.5 Å². The summed E-state index contributed by atoms with van der Waals surface area (Å²) in [7, 11) is -3.61. The van der Waals surface area contributed by atoms with Gasteiger partial charge >= 0.3 is 0 Å². The standard InChI is InChI=1S/C20H26ClN3O3S/c1-14(2)24-15(3)12-19(16(24)4)20(25)22-8-10-23(11-9-22)28(26,27)18-7-5-6-17(21)13-18/h5-7,12-14H,8-11H2,1-4H3. The second kappa shape index (κ2) is 7.89. The summed E-state index contributed by atoms with van der Waals surface area (Å²) in [5, 5.41) is 0.385. The molecule has 1 saturated heterocycles. The minimum Gasteiger partial charge on any atom is -0.346 e. The third-order valence-electron chi connectivity index (χ3n) is 5.19. The maximum absolute atomic E-state index is 13.0. The van der Waals surface area contributed by atoms with Crippen molar-refractivity contribution in [3.05, 3.63) is 52.3 Å². The van der Waals surface area contributed by atoms with Gasteiger partial charge in [-0.05, 0) is 52.0 Å². The molecule has 1 amide bonds. The Balaban J connectivity index is 1.74. The molecular formula is C20H26ClN3O3S. The number of benzene rings is 1. The molecule has 1 aromatic carbocycles. The Labute approximate surface area is 171 Å². The quantitative estimate of drug-likeness (QED) is 0.756. The van der Waals surface area contributed by atoms with E-state index in [4.69, 9.17) is 11.6 Å². The molecule has 28 heavy (non-hydrogen) atoms. The van der Waals surface area contributed by atoms with Gasteiger partial charge in [0.15, 0.2) is 0 Å². The number of rotatable bonds is 4. The van der Waals surface area contributed by atoms with Crippen LogP contribution < -0.4 is 0 Å². The summed E-state index contributed by atoms with van der Waals surface area (Å²) in [6, 6.07) is 8.47. The lowest BCUT2D eigenvalue weighted by atomic mass is 10.2. The molecule has 3 rings (SSSR count). The predicted octanol–water partition coefficient (Wildman–Crippen LogP) is 3.49. The minimum absolute atomic E-state index is 0.0418. The van der Waals surface area contributed by atoms with E-state index in [0.29, 0.717) is 23.7 Å². The number of aryl methyl sites for hydroxylation is 1. The fourth-order valence-corrected chi connectivity index (χ4v) is 5.59. The molecule has 8 heteroatoms. The van der Waals surface area contributed by atoms with Gasteiger partial charge in [-0.25, -0.2) is 8.42 Å². The maximum Gasteiger partial charge on any atom is 0.255 e. The van der Waals surface area contributed by atoms with Gasteiger partial charge in [-0.3, -0.25) is 4.79 Å². The number of aromatic nitrogens is 1. The number of amides is 1. The topological polar surface area (TPSA) is 62.6 Å². The van der Waals surface area contributed by atoms with E-state index >= 15 is 0 Å². The first-order valence-electron chi connectivity index (χ1n) is 9.36. The number of sulfonamides is 1. The molecular weight excluding hydrogens is 398 g/mol. The summed E-state index contributed by atoms with van der Waals surface area (Å²) in [5.41, 5.74) is 2.70. The van der Waals surface area contributed by atoms with Gasteiger partial charge in [0.25, 0.3) is 5.91 Å². The summed E-state index contributed by atoms with van der Waals surface area (Å²) in [6.45, 7) is 9.40. The van der Waals surface area contributed by atoms with Gasteiger partial charge in [-0.2, -0.15) is 4.31 Å². The van der Waals surface area contributed by atoms with Crippen LogP contribution in [-0.4, -0.2) is 54.3 Å². The zero-order valence-electron chi connectivity index (χ0n) is 16.6. The Hall–Kier alpha value is -1.83. The molecule has 152 valence electrons. The van der Waals surface area contributed by atoms with Crippen molar-refractivity contribution in [2.75, 3.05) is 26.2 Å². The molecule has 0 bridgehead atoms. The van der Waals surface area contributed by atoms with Gasteiger partial charge in [0.1, 0.15) is 0 Å². The zero-order chi connectivity index (χ0) is 20.6.